The van der Waals surface area contributed by atoms with Crippen LogP contribution in [0.5, 0.6) is 0 Å². The molecule has 0 spiro atoms. The van der Waals surface area contributed by atoms with Crippen LogP contribution in [0.2, 0.25) is 0 Å². The van der Waals surface area contributed by atoms with Crippen LogP contribution in [0.15, 0.2) is 42.5 Å². The van der Waals surface area contributed by atoms with Crippen molar-refractivity contribution in [3.05, 3.63) is 58.1 Å². The van der Waals surface area contributed by atoms with E-state index in [9.17, 15) is 14.8 Å². The highest BCUT2D eigenvalue weighted by Crippen LogP contribution is 2.35. The van der Waals surface area contributed by atoms with Crippen LogP contribution in [0.25, 0.3) is 0 Å². The van der Waals surface area contributed by atoms with E-state index in [0.717, 1.165) is 69.1 Å². The normalized spacial score (nSPS) is 16.2. The molecule has 11 heteroatoms. The number of anilines is 6. The number of nitrogens with one attached hydrogen (secondary N) is 1. The summed E-state index contributed by atoms with van der Waals surface area (Å²) in [5, 5.41) is 16.3. The molecule has 0 unspecified atom stereocenters. The maximum atomic E-state index is 13.3. The fourth-order valence-electron chi connectivity index (χ4n) is 4.75. The zero-order valence-electron chi connectivity index (χ0n) is 20.7. The fourth-order valence-corrected chi connectivity index (χ4v) is 5.61. The number of thiazole rings is 1. The molecule has 3 heterocycles. The van der Waals surface area contributed by atoms with Gasteiger partial charge in [0.15, 0.2) is 5.13 Å². The molecule has 2 saturated heterocycles. The third-order valence-corrected chi connectivity index (χ3v) is 7.85. The summed E-state index contributed by atoms with van der Waals surface area (Å²) in [6.45, 7) is 5.69. The Bertz CT molecular complexity index is 1270. The van der Waals surface area contributed by atoms with Crippen molar-refractivity contribution in [2.24, 2.45) is 0 Å². The monoisotopic (exact) mass is 520 g/mol. The minimum atomic E-state index is -0.345. The molecule has 2 aliphatic heterocycles. The predicted molar refractivity (Wildman–Crippen MR) is 149 cm³/mol. The van der Waals surface area contributed by atoms with Crippen LogP contribution < -0.4 is 25.9 Å². The zero-order valence-corrected chi connectivity index (χ0v) is 21.5. The maximum Gasteiger partial charge on any atom is 0.206 e. The van der Waals surface area contributed by atoms with E-state index in [4.69, 9.17) is 5.73 Å². The van der Waals surface area contributed by atoms with Gasteiger partial charge in [-0.3, -0.25) is 9.59 Å². The highest BCUT2D eigenvalue weighted by atomic mass is 32.1. The van der Waals surface area contributed by atoms with Crippen LogP contribution in [0.3, 0.4) is 0 Å². The van der Waals surface area contributed by atoms with Crippen molar-refractivity contribution >= 4 is 57.2 Å². The first kappa shape index (κ1) is 25.0. The topological polar surface area (TPSA) is 121 Å². The second kappa shape index (κ2) is 10.8. The Morgan fingerprint density at radius 1 is 1.05 bits per heavy atom. The van der Waals surface area contributed by atoms with Crippen molar-refractivity contribution in [2.45, 2.75) is 12.8 Å². The number of nitrogens with two attached hydrogens (primary N) is 1. The van der Waals surface area contributed by atoms with Crippen LogP contribution >= 0.6 is 11.3 Å². The van der Waals surface area contributed by atoms with Crippen LogP contribution in [-0.2, 0) is 4.79 Å². The summed E-state index contributed by atoms with van der Waals surface area (Å²) < 4.78 is 0. The highest BCUT2D eigenvalue weighted by Gasteiger charge is 2.22. The van der Waals surface area contributed by atoms with Gasteiger partial charge in [0.25, 0.3) is 0 Å². The van der Waals surface area contributed by atoms with Crippen molar-refractivity contribution < 1.29 is 9.59 Å². The molecule has 5 rings (SSSR count). The number of carbonyl (C=O) groups is 2. The number of ketones is 1. The number of benzene rings is 2. The maximum absolute atomic E-state index is 13.3. The molecule has 2 aliphatic rings. The first-order valence-corrected chi connectivity index (χ1v) is 13.2. The molecular formula is C26H30N7O3S-. The van der Waals surface area contributed by atoms with Gasteiger partial charge in [0, 0.05) is 56.2 Å². The van der Waals surface area contributed by atoms with Crippen LogP contribution in [0, 0.1) is 5.21 Å². The van der Waals surface area contributed by atoms with Gasteiger partial charge in [-0.15, -0.1) is 0 Å². The van der Waals surface area contributed by atoms with Gasteiger partial charge in [-0.2, -0.15) is 0 Å². The Morgan fingerprint density at radius 2 is 1.76 bits per heavy atom. The Labute approximate surface area is 219 Å². The van der Waals surface area contributed by atoms with Crippen LogP contribution in [-0.4, -0.2) is 68.4 Å². The predicted octanol–water partition coefficient (Wildman–Crippen LogP) is 3.51. The number of nitrogens with zero attached hydrogens (tertiary/aromatic N) is 5. The molecule has 1 amide bonds. The third kappa shape index (κ3) is 5.38. The lowest BCUT2D eigenvalue weighted by molar-refractivity contribution is -0.106. The molecule has 0 atom stereocenters. The van der Waals surface area contributed by atoms with Crippen molar-refractivity contribution in [3.63, 3.8) is 0 Å². The molecule has 0 aliphatic carbocycles. The third-order valence-electron chi connectivity index (χ3n) is 6.86. The Morgan fingerprint density at radius 3 is 2.43 bits per heavy atom. The van der Waals surface area contributed by atoms with Gasteiger partial charge < -0.3 is 36.0 Å². The lowest BCUT2D eigenvalue weighted by Gasteiger charge is -2.34. The minimum absolute atomic E-state index is 0.117. The first-order valence-electron chi connectivity index (χ1n) is 12.3. The van der Waals surface area contributed by atoms with Gasteiger partial charge in [0.1, 0.15) is 10.7 Å². The molecule has 10 nitrogen and oxygen atoms in total. The van der Waals surface area contributed by atoms with Crippen LogP contribution in [0.4, 0.5) is 33.7 Å². The van der Waals surface area contributed by atoms with Gasteiger partial charge in [-0.25, -0.2) is 4.98 Å². The van der Waals surface area contributed by atoms with E-state index in [-0.39, 0.29) is 39.2 Å². The number of carbonyl (C=O) groups excluding carboxylic acids is 2. The Kier molecular flexibility index (Phi) is 7.26. The molecular weight excluding hydrogens is 490 g/mol. The second-order valence-electron chi connectivity index (χ2n) is 9.35. The van der Waals surface area contributed by atoms with Gasteiger partial charge in [0.2, 0.25) is 12.2 Å². The average Bonchev–Trinajstić information content (AvgIpc) is 3.58. The molecule has 3 N–H and O–H groups in total. The fraction of sp³-hybridized carbons (Fsp3) is 0.346. The smallest absolute Gasteiger partial charge is 0.206 e. The number of piperazine rings is 1. The van der Waals surface area contributed by atoms with Gasteiger partial charge in [-0.1, -0.05) is 11.3 Å². The summed E-state index contributed by atoms with van der Waals surface area (Å²) in [6.07, 6.45) is 2.25. The van der Waals surface area contributed by atoms with E-state index in [2.05, 4.69) is 44.2 Å². The first-order chi connectivity index (χ1) is 17.9. The summed E-state index contributed by atoms with van der Waals surface area (Å²) in [6, 6.07) is 13.0. The van der Waals surface area contributed by atoms with Gasteiger partial charge in [-0.05, 0) is 62.4 Å². The van der Waals surface area contributed by atoms with Crippen molar-refractivity contribution in [2.75, 3.05) is 72.2 Å². The molecule has 2 aromatic carbocycles. The number of hydroxylamine groups is 1. The molecule has 194 valence electrons. The Hall–Kier alpha value is -3.67. The second-order valence-corrected chi connectivity index (χ2v) is 10.4. The zero-order chi connectivity index (χ0) is 25.9. The standard InChI is InChI=1S/C26H30N7O3S/c1-30-12-14-31(15-13-30)20-7-5-19(6-8-20)28-26-29-25(27)24(37-26)23(35)18-4-9-21(32-10-2-3-11-32)22(16-18)33(36)17-34/h4-9,16-17H,2-3,10-15,27H2,1H3,(H,28,29)/q-1. The average molecular weight is 521 g/mol. The summed E-state index contributed by atoms with van der Waals surface area (Å²) in [5.41, 5.74) is 9.21. The largest absolute Gasteiger partial charge is 0.752 e. The minimum Gasteiger partial charge on any atom is -0.752 e. The molecule has 3 aromatic rings. The number of amides is 1. The number of nitrogen functional groups attached to an aromatic ring is 1. The van der Waals surface area contributed by atoms with Gasteiger partial charge in [0.05, 0.1) is 11.4 Å². The molecule has 0 bridgehead atoms. The SMILES string of the molecule is CN1CCN(c2ccc(Nc3nc(N)c(C(=O)c4ccc(N5CCCC5)c(N([O-])C=O)c4)s3)cc2)CC1. The molecule has 0 saturated carbocycles. The van der Waals surface area contributed by atoms with Crippen molar-refractivity contribution in [3.8, 4) is 0 Å². The van der Waals surface area contributed by atoms with Crippen molar-refractivity contribution in [1.29, 1.82) is 0 Å². The van der Waals surface area contributed by atoms with E-state index in [1.807, 2.05) is 12.1 Å². The highest BCUT2D eigenvalue weighted by molar-refractivity contribution is 7.18. The number of hydrogen-bond acceptors (Lipinski definition) is 10. The lowest BCUT2D eigenvalue weighted by Crippen LogP contribution is -2.44. The quantitative estimate of drug-likeness (QED) is 0.261. The lowest BCUT2D eigenvalue weighted by atomic mass is 10.1. The number of rotatable bonds is 8. The van der Waals surface area contributed by atoms with Crippen molar-refractivity contribution in [1.82, 2.24) is 9.88 Å². The molecule has 2 fully saturated rings. The number of aromatic nitrogens is 1. The van der Waals surface area contributed by atoms with E-state index in [1.54, 1.807) is 12.1 Å². The molecule has 0 radical (unpaired) electrons. The van der Waals surface area contributed by atoms with Crippen LogP contribution in [0.1, 0.15) is 28.1 Å². The van der Waals surface area contributed by atoms with E-state index in [1.165, 1.54) is 11.8 Å². The van der Waals surface area contributed by atoms with E-state index < -0.39 is 0 Å². The summed E-state index contributed by atoms with van der Waals surface area (Å²) >= 11 is 1.15. The summed E-state index contributed by atoms with van der Waals surface area (Å²) in [5.74, 6) is -0.229. The van der Waals surface area contributed by atoms with E-state index >= 15 is 0 Å². The van der Waals surface area contributed by atoms with E-state index in [0.29, 0.717) is 10.8 Å². The molecule has 1 aromatic heterocycles. The summed E-state index contributed by atoms with van der Waals surface area (Å²) in [7, 11) is 2.13. The van der Waals surface area contributed by atoms with Gasteiger partial charge >= 0.3 is 0 Å². The Balaban J connectivity index is 1.32. The number of likely N-dealkylation sites (N-methyl/N-ethyl adjacent to an activating group) is 1. The number of hydrogen-bond donors (Lipinski definition) is 2. The summed E-state index contributed by atoms with van der Waals surface area (Å²) in [4.78, 5) is 35.9. The molecule has 37 heavy (non-hydrogen) atoms.